The Kier molecular flexibility index (Phi) is 8.25. The number of hydrogen-bond donors (Lipinski definition) is 0. The van der Waals surface area contributed by atoms with Crippen LogP contribution >= 0.6 is 0 Å². The molecule has 3 heteroatoms. The first-order valence-electron chi connectivity index (χ1n) is 7.70. The van der Waals surface area contributed by atoms with E-state index < -0.39 is 0 Å². The van der Waals surface area contributed by atoms with Crippen LogP contribution in [0, 0.1) is 0 Å². The Morgan fingerprint density at radius 1 is 1.29 bits per heavy atom. The molecule has 0 aliphatic rings. The lowest BCUT2D eigenvalue weighted by Gasteiger charge is -2.08. The molecule has 0 unspecified atom stereocenters. The van der Waals surface area contributed by atoms with Gasteiger partial charge in [0.05, 0.1) is 13.7 Å². The Bertz CT molecular complexity index is 464. The number of ether oxygens (including phenoxy) is 2. The summed E-state index contributed by atoms with van der Waals surface area (Å²) in [6.45, 7) is 4.45. The van der Waals surface area contributed by atoms with Gasteiger partial charge in [-0.05, 0) is 37.5 Å². The van der Waals surface area contributed by atoms with Crippen LogP contribution in [0.15, 0.2) is 24.3 Å². The van der Waals surface area contributed by atoms with E-state index in [2.05, 4.69) is 25.1 Å². The summed E-state index contributed by atoms with van der Waals surface area (Å²) in [7, 11) is 1.68. The average Bonchev–Trinajstić information content (AvgIpc) is 2.50. The summed E-state index contributed by atoms with van der Waals surface area (Å²) in [5.74, 6) is 0.719. The average molecular weight is 290 g/mol. The number of esters is 1. The molecule has 21 heavy (non-hydrogen) atoms. The van der Waals surface area contributed by atoms with Crippen molar-refractivity contribution in [3.63, 3.8) is 0 Å². The van der Waals surface area contributed by atoms with Crippen LogP contribution in [-0.2, 0) is 16.0 Å². The Balaban J connectivity index is 2.70. The number of rotatable bonds is 9. The Hall–Kier alpha value is -1.77. The van der Waals surface area contributed by atoms with Crippen molar-refractivity contribution in [1.82, 2.24) is 0 Å². The number of aryl methyl sites for hydroxylation is 1. The van der Waals surface area contributed by atoms with E-state index in [0.29, 0.717) is 19.4 Å². The lowest BCUT2D eigenvalue weighted by molar-refractivity contribution is -0.143. The largest absolute Gasteiger partial charge is 0.496 e. The second kappa shape index (κ2) is 10.0. The highest BCUT2D eigenvalue weighted by Crippen LogP contribution is 2.22. The second-order valence-electron chi connectivity index (χ2n) is 4.93. The molecule has 116 valence electrons. The molecule has 0 saturated carbocycles. The minimum Gasteiger partial charge on any atom is -0.496 e. The van der Waals surface area contributed by atoms with Gasteiger partial charge in [0.1, 0.15) is 5.75 Å². The first-order chi connectivity index (χ1) is 10.2. The van der Waals surface area contributed by atoms with Crippen molar-refractivity contribution in [3.8, 4) is 5.75 Å². The molecule has 0 aliphatic carbocycles. The van der Waals surface area contributed by atoms with Crippen LogP contribution in [0.5, 0.6) is 5.75 Å². The molecule has 0 N–H and O–H groups in total. The zero-order valence-electron chi connectivity index (χ0n) is 13.4. The highest BCUT2D eigenvalue weighted by molar-refractivity contribution is 5.69. The fourth-order valence-corrected chi connectivity index (χ4v) is 2.08. The zero-order valence-corrected chi connectivity index (χ0v) is 13.4. The van der Waals surface area contributed by atoms with Crippen molar-refractivity contribution in [3.05, 3.63) is 35.4 Å². The molecule has 0 fully saturated rings. The third-order valence-corrected chi connectivity index (χ3v) is 3.24. The Morgan fingerprint density at radius 3 is 2.76 bits per heavy atom. The van der Waals surface area contributed by atoms with Crippen LogP contribution in [0.3, 0.4) is 0 Å². The number of carbonyl (C=O) groups excluding carboxylic acids is 1. The van der Waals surface area contributed by atoms with Gasteiger partial charge in [-0.2, -0.15) is 0 Å². The lowest BCUT2D eigenvalue weighted by Crippen LogP contribution is -2.05. The van der Waals surface area contributed by atoms with E-state index in [9.17, 15) is 4.79 Å². The molecule has 0 saturated heterocycles. The molecule has 3 nitrogen and oxygen atoms in total. The predicted molar refractivity (Wildman–Crippen MR) is 86.5 cm³/mol. The summed E-state index contributed by atoms with van der Waals surface area (Å²) < 4.78 is 10.3. The third kappa shape index (κ3) is 6.48. The smallest absolute Gasteiger partial charge is 0.306 e. The maximum absolute atomic E-state index is 11.4. The van der Waals surface area contributed by atoms with Gasteiger partial charge in [-0.15, -0.1) is 0 Å². The van der Waals surface area contributed by atoms with Crippen LogP contribution in [0.1, 0.15) is 50.7 Å². The molecule has 1 aromatic rings. The van der Waals surface area contributed by atoms with E-state index in [1.165, 1.54) is 12.8 Å². The first kappa shape index (κ1) is 17.3. The highest BCUT2D eigenvalue weighted by atomic mass is 16.5. The second-order valence-corrected chi connectivity index (χ2v) is 4.93. The number of hydrogen-bond acceptors (Lipinski definition) is 3. The standard InChI is InChI=1S/C18H26O3/c1-4-6-7-8-9-16-14-15(10-12-17(16)20-3)11-13-18(19)21-5-2/h8-10,12,14H,4-7,11,13H2,1-3H3. The van der Waals surface area contributed by atoms with Crippen molar-refractivity contribution in [1.29, 1.82) is 0 Å². The van der Waals surface area contributed by atoms with Gasteiger partial charge in [-0.1, -0.05) is 38.0 Å². The molecule has 0 heterocycles. The summed E-state index contributed by atoms with van der Waals surface area (Å²) in [6.07, 6.45) is 8.85. The summed E-state index contributed by atoms with van der Waals surface area (Å²) in [5.41, 5.74) is 2.19. The summed E-state index contributed by atoms with van der Waals surface area (Å²) in [5, 5.41) is 0. The van der Waals surface area contributed by atoms with Gasteiger partial charge in [0.25, 0.3) is 0 Å². The molecule has 0 radical (unpaired) electrons. The lowest BCUT2D eigenvalue weighted by atomic mass is 10.0. The number of methoxy groups -OCH3 is 1. The normalized spacial score (nSPS) is 10.8. The summed E-state index contributed by atoms with van der Waals surface area (Å²) in [6, 6.07) is 6.04. The third-order valence-electron chi connectivity index (χ3n) is 3.24. The van der Waals surface area contributed by atoms with Crippen molar-refractivity contribution < 1.29 is 14.3 Å². The quantitative estimate of drug-likeness (QED) is 0.499. The molecule has 0 spiro atoms. The van der Waals surface area contributed by atoms with Crippen molar-refractivity contribution in [2.45, 2.75) is 46.0 Å². The van der Waals surface area contributed by atoms with Crippen molar-refractivity contribution in [2.75, 3.05) is 13.7 Å². The van der Waals surface area contributed by atoms with Gasteiger partial charge in [0.15, 0.2) is 0 Å². The highest BCUT2D eigenvalue weighted by Gasteiger charge is 2.05. The van der Waals surface area contributed by atoms with Gasteiger partial charge in [-0.3, -0.25) is 4.79 Å². The van der Waals surface area contributed by atoms with Crippen LogP contribution in [0.4, 0.5) is 0 Å². The number of unbranched alkanes of at least 4 members (excludes halogenated alkanes) is 2. The van der Waals surface area contributed by atoms with E-state index in [0.717, 1.165) is 23.3 Å². The zero-order chi connectivity index (χ0) is 15.5. The Labute approximate surface area is 128 Å². The van der Waals surface area contributed by atoms with Crippen LogP contribution in [-0.4, -0.2) is 19.7 Å². The van der Waals surface area contributed by atoms with Gasteiger partial charge in [0, 0.05) is 12.0 Å². The van der Waals surface area contributed by atoms with Gasteiger partial charge in [0.2, 0.25) is 0 Å². The fourth-order valence-electron chi connectivity index (χ4n) is 2.08. The minimum atomic E-state index is -0.145. The van der Waals surface area contributed by atoms with E-state index in [4.69, 9.17) is 9.47 Å². The molecule has 0 aliphatic heterocycles. The van der Waals surface area contributed by atoms with Crippen molar-refractivity contribution in [2.24, 2.45) is 0 Å². The topological polar surface area (TPSA) is 35.5 Å². The number of allylic oxidation sites excluding steroid dienone is 1. The van der Waals surface area contributed by atoms with Crippen LogP contribution in [0.25, 0.3) is 6.08 Å². The molecule has 0 amide bonds. The predicted octanol–water partition coefficient (Wildman–Crippen LogP) is 4.39. The van der Waals surface area contributed by atoms with Crippen molar-refractivity contribution >= 4 is 12.0 Å². The number of benzene rings is 1. The van der Waals surface area contributed by atoms with E-state index in [1.807, 2.05) is 19.1 Å². The van der Waals surface area contributed by atoms with Gasteiger partial charge >= 0.3 is 5.97 Å². The van der Waals surface area contributed by atoms with E-state index in [-0.39, 0.29) is 5.97 Å². The molecule has 1 aromatic carbocycles. The maximum atomic E-state index is 11.4. The molecule has 0 atom stereocenters. The molecular formula is C18H26O3. The van der Waals surface area contributed by atoms with E-state index >= 15 is 0 Å². The van der Waals surface area contributed by atoms with Gasteiger partial charge < -0.3 is 9.47 Å². The molecule has 0 bridgehead atoms. The van der Waals surface area contributed by atoms with Gasteiger partial charge in [-0.25, -0.2) is 0 Å². The van der Waals surface area contributed by atoms with Crippen LogP contribution in [0.2, 0.25) is 0 Å². The summed E-state index contributed by atoms with van der Waals surface area (Å²) >= 11 is 0. The first-order valence-corrected chi connectivity index (χ1v) is 7.70. The molecular weight excluding hydrogens is 264 g/mol. The van der Waals surface area contributed by atoms with E-state index in [1.54, 1.807) is 7.11 Å². The summed E-state index contributed by atoms with van der Waals surface area (Å²) in [4.78, 5) is 11.4. The Morgan fingerprint density at radius 2 is 2.10 bits per heavy atom. The molecule has 0 aromatic heterocycles. The maximum Gasteiger partial charge on any atom is 0.306 e. The SMILES string of the molecule is CCCCC=Cc1cc(CCC(=O)OCC)ccc1OC. The fraction of sp³-hybridized carbons (Fsp3) is 0.500. The minimum absolute atomic E-state index is 0.145. The molecule has 1 rings (SSSR count). The van der Waals surface area contributed by atoms with Crippen LogP contribution < -0.4 is 4.74 Å². The number of carbonyl (C=O) groups is 1. The monoisotopic (exact) mass is 290 g/mol.